The molecule has 0 saturated carbocycles. The Balaban J connectivity index is 1.61. The second kappa shape index (κ2) is 8.77. The van der Waals surface area contributed by atoms with E-state index in [0.29, 0.717) is 29.6 Å². The molecule has 146 valence electrons. The maximum Gasteiger partial charge on any atom is 0.222 e. The maximum absolute atomic E-state index is 11.1. The molecule has 0 fully saturated rings. The lowest BCUT2D eigenvalue weighted by atomic mass is 10.2. The highest BCUT2D eigenvalue weighted by Gasteiger charge is 2.06. The first kappa shape index (κ1) is 19.7. The first-order valence-corrected chi connectivity index (χ1v) is 10.4. The molecule has 3 aromatic rings. The number of nitrogens with two attached hydrogens (primary N) is 1. The van der Waals surface area contributed by atoms with Gasteiger partial charge in [-0.3, -0.25) is 4.98 Å². The van der Waals surface area contributed by atoms with Crippen LogP contribution in [0.2, 0.25) is 0 Å². The predicted octanol–water partition coefficient (Wildman–Crippen LogP) is 2.63. The molecule has 0 aliphatic heterocycles. The van der Waals surface area contributed by atoms with Gasteiger partial charge in [0.15, 0.2) is 0 Å². The van der Waals surface area contributed by atoms with Crippen molar-refractivity contribution in [3.63, 3.8) is 0 Å². The van der Waals surface area contributed by atoms with Crippen LogP contribution in [-0.4, -0.2) is 23.4 Å². The lowest BCUT2D eigenvalue weighted by Crippen LogP contribution is -2.14. The van der Waals surface area contributed by atoms with E-state index in [9.17, 15) is 8.42 Å². The van der Waals surface area contributed by atoms with Crippen LogP contribution in [-0.2, 0) is 28.7 Å². The van der Waals surface area contributed by atoms with Crippen LogP contribution in [0.1, 0.15) is 23.7 Å². The van der Waals surface area contributed by atoms with E-state index in [4.69, 9.17) is 9.88 Å². The van der Waals surface area contributed by atoms with Crippen LogP contribution in [0.25, 0.3) is 0 Å². The summed E-state index contributed by atoms with van der Waals surface area (Å²) in [7, 11) is -3.55. The van der Waals surface area contributed by atoms with E-state index >= 15 is 0 Å². The molecule has 9 heteroatoms. The van der Waals surface area contributed by atoms with Gasteiger partial charge in [0, 0.05) is 24.7 Å². The zero-order valence-electron chi connectivity index (χ0n) is 15.4. The molecule has 0 saturated heterocycles. The standard InChI is InChI=1S/C19H21N5O3S/c1-2-14-10-22-19(23-11-14)24-12-16-9-18(7-8-21-16)27-17-5-3-15(4-6-17)13-28(20,25)26/h3-11H,2,12-13H2,1H3,(H2,20,25,26)(H,22,23,24). The van der Waals surface area contributed by atoms with Crippen molar-refractivity contribution in [3.05, 3.63) is 71.8 Å². The molecule has 8 nitrogen and oxygen atoms in total. The summed E-state index contributed by atoms with van der Waals surface area (Å²) in [5, 5.41) is 8.17. The Hall–Kier alpha value is -3.04. The van der Waals surface area contributed by atoms with Crippen LogP contribution in [0.15, 0.2) is 55.0 Å². The number of nitrogens with one attached hydrogen (secondary N) is 1. The Labute approximate surface area is 163 Å². The predicted molar refractivity (Wildman–Crippen MR) is 106 cm³/mol. The second-order valence-corrected chi connectivity index (χ2v) is 7.77. The van der Waals surface area contributed by atoms with Gasteiger partial charge in [-0.25, -0.2) is 23.5 Å². The number of nitrogens with zero attached hydrogens (tertiary/aromatic N) is 3. The molecule has 1 aromatic carbocycles. The number of hydrogen-bond acceptors (Lipinski definition) is 7. The molecule has 0 aliphatic rings. The quantitative estimate of drug-likeness (QED) is 0.597. The van der Waals surface area contributed by atoms with E-state index < -0.39 is 10.0 Å². The number of anilines is 1. The summed E-state index contributed by atoms with van der Waals surface area (Å²) in [5.74, 6) is 1.53. The maximum atomic E-state index is 11.1. The van der Waals surface area contributed by atoms with Gasteiger partial charge < -0.3 is 10.1 Å². The number of aryl methyl sites for hydroxylation is 1. The van der Waals surface area contributed by atoms with Gasteiger partial charge in [0.1, 0.15) is 11.5 Å². The molecule has 3 N–H and O–H groups in total. The van der Waals surface area contributed by atoms with Crippen molar-refractivity contribution < 1.29 is 13.2 Å². The third-order valence-electron chi connectivity index (χ3n) is 3.86. The molecular weight excluding hydrogens is 378 g/mol. The van der Waals surface area contributed by atoms with E-state index in [1.165, 1.54) is 0 Å². The summed E-state index contributed by atoms with van der Waals surface area (Å²) < 4.78 is 28.1. The highest BCUT2D eigenvalue weighted by atomic mass is 32.2. The zero-order chi connectivity index (χ0) is 20.0. The smallest absolute Gasteiger partial charge is 0.222 e. The molecule has 0 atom stereocenters. The Kier molecular flexibility index (Phi) is 6.17. The van der Waals surface area contributed by atoms with E-state index in [0.717, 1.165) is 17.7 Å². The van der Waals surface area contributed by atoms with Crippen molar-refractivity contribution in [3.8, 4) is 11.5 Å². The molecule has 0 bridgehead atoms. The normalized spacial score (nSPS) is 11.2. The highest BCUT2D eigenvalue weighted by molar-refractivity contribution is 7.88. The molecule has 0 radical (unpaired) electrons. The number of benzene rings is 1. The summed E-state index contributed by atoms with van der Waals surface area (Å²) in [6.45, 7) is 2.50. The van der Waals surface area contributed by atoms with Crippen LogP contribution in [0.4, 0.5) is 5.95 Å². The number of ether oxygens (including phenoxy) is 1. The SMILES string of the molecule is CCc1cnc(NCc2cc(Oc3ccc(CS(N)(=O)=O)cc3)ccn2)nc1. The first-order valence-electron chi connectivity index (χ1n) is 8.68. The summed E-state index contributed by atoms with van der Waals surface area (Å²) in [4.78, 5) is 12.8. The number of rotatable bonds is 8. The fourth-order valence-electron chi connectivity index (χ4n) is 2.44. The van der Waals surface area contributed by atoms with Crippen LogP contribution in [0.3, 0.4) is 0 Å². The average molecular weight is 399 g/mol. The van der Waals surface area contributed by atoms with Crippen molar-refractivity contribution in [2.75, 3.05) is 5.32 Å². The molecule has 28 heavy (non-hydrogen) atoms. The number of primary sulfonamides is 1. The Bertz CT molecular complexity index is 1020. The monoisotopic (exact) mass is 399 g/mol. The van der Waals surface area contributed by atoms with Gasteiger partial charge in [-0.1, -0.05) is 19.1 Å². The lowest BCUT2D eigenvalue weighted by Gasteiger charge is -2.09. The molecular formula is C19H21N5O3S. The Morgan fingerprint density at radius 1 is 1.00 bits per heavy atom. The van der Waals surface area contributed by atoms with Crippen molar-refractivity contribution in [1.29, 1.82) is 0 Å². The first-order chi connectivity index (χ1) is 13.4. The van der Waals surface area contributed by atoms with Gasteiger partial charge >= 0.3 is 0 Å². The molecule has 0 spiro atoms. The summed E-state index contributed by atoms with van der Waals surface area (Å²) >= 11 is 0. The van der Waals surface area contributed by atoms with Gasteiger partial charge in [0.05, 0.1) is 18.0 Å². The van der Waals surface area contributed by atoms with Crippen LogP contribution in [0, 0.1) is 0 Å². The van der Waals surface area contributed by atoms with Gasteiger partial charge in [-0.05, 0) is 35.7 Å². The van der Waals surface area contributed by atoms with Gasteiger partial charge in [0.2, 0.25) is 16.0 Å². The Morgan fingerprint density at radius 2 is 1.71 bits per heavy atom. The fraction of sp³-hybridized carbons (Fsp3) is 0.211. The minimum absolute atomic E-state index is 0.209. The number of pyridine rings is 1. The largest absolute Gasteiger partial charge is 0.457 e. The van der Waals surface area contributed by atoms with Crippen LogP contribution >= 0.6 is 0 Å². The van der Waals surface area contributed by atoms with Gasteiger partial charge in [-0.2, -0.15) is 0 Å². The van der Waals surface area contributed by atoms with Gasteiger partial charge in [0.25, 0.3) is 0 Å². The highest BCUT2D eigenvalue weighted by Crippen LogP contribution is 2.22. The molecule has 0 unspecified atom stereocenters. The molecule has 2 heterocycles. The summed E-state index contributed by atoms with van der Waals surface area (Å²) in [5.41, 5.74) is 2.45. The topological polar surface area (TPSA) is 120 Å². The second-order valence-electron chi connectivity index (χ2n) is 6.16. The van der Waals surface area contributed by atoms with Crippen LogP contribution in [0.5, 0.6) is 11.5 Å². The third kappa shape index (κ3) is 6.00. The average Bonchev–Trinajstić information content (AvgIpc) is 2.67. The zero-order valence-corrected chi connectivity index (χ0v) is 16.2. The minimum atomic E-state index is -3.55. The van der Waals surface area contributed by atoms with Crippen molar-refractivity contribution >= 4 is 16.0 Å². The summed E-state index contributed by atoms with van der Waals surface area (Å²) in [6, 6.07) is 10.3. The van der Waals surface area contributed by atoms with E-state index in [1.54, 1.807) is 48.9 Å². The van der Waals surface area contributed by atoms with Gasteiger partial charge in [-0.15, -0.1) is 0 Å². The summed E-state index contributed by atoms with van der Waals surface area (Å²) in [6.07, 6.45) is 6.14. The van der Waals surface area contributed by atoms with E-state index in [2.05, 4.69) is 27.2 Å². The molecule has 0 amide bonds. The number of sulfonamides is 1. The van der Waals surface area contributed by atoms with Crippen molar-refractivity contribution in [1.82, 2.24) is 15.0 Å². The van der Waals surface area contributed by atoms with Crippen molar-refractivity contribution in [2.45, 2.75) is 25.6 Å². The number of aromatic nitrogens is 3. The fourth-order valence-corrected chi connectivity index (χ4v) is 3.09. The molecule has 2 aromatic heterocycles. The van der Waals surface area contributed by atoms with E-state index in [-0.39, 0.29) is 5.75 Å². The Morgan fingerprint density at radius 3 is 2.36 bits per heavy atom. The van der Waals surface area contributed by atoms with E-state index in [1.807, 2.05) is 6.07 Å². The third-order valence-corrected chi connectivity index (χ3v) is 4.59. The molecule has 3 rings (SSSR count). The molecule has 0 aliphatic carbocycles. The lowest BCUT2D eigenvalue weighted by molar-refractivity contribution is 0.481. The van der Waals surface area contributed by atoms with Crippen LogP contribution < -0.4 is 15.2 Å². The number of hydrogen-bond donors (Lipinski definition) is 2. The minimum Gasteiger partial charge on any atom is -0.457 e. The van der Waals surface area contributed by atoms with Crippen molar-refractivity contribution in [2.24, 2.45) is 5.14 Å².